The number of rotatable bonds is 3. The normalized spacial score (nSPS) is 10.2. The van der Waals surface area contributed by atoms with Gasteiger partial charge >= 0.3 is 0 Å². The number of benzene rings is 1. The number of amides is 1. The Hall–Kier alpha value is -1.89. The number of carbonyl (C=O) groups excluding carboxylic acids is 1. The molecule has 0 spiro atoms. The maximum atomic E-state index is 12.7. The van der Waals surface area contributed by atoms with Crippen LogP contribution in [0.4, 0.5) is 10.3 Å². The zero-order valence-electron chi connectivity index (χ0n) is 8.90. The first-order valence-electron chi connectivity index (χ1n) is 4.72. The van der Waals surface area contributed by atoms with E-state index in [0.717, 1.165) is 0 Å². The van der Waals surface area contributed by atoms with Crippen LogP contribution in [0, 0.1) is 5.82 Å². The van der Waals surface area contributed by atoms with Crippen LogP contribution in [0.1, 0.15) is 10.4 Å². The predicted molar refractivity (Wildman–Crippen MR) is 62.5 cm³/mol. The molecule has 1 heterocycles. The Labute approximate surface area is 101 Å². The topological polar surface area (TPSA) is 70.7 Å². The van der Waals surface area contributed by atoms with Gasteiger partial charge in [0.05, 0.1) is 0 Å². The third-order valence-electron chi connectivity index (χ3n) is 1.99. The van der Waals surface area contributed by atoms with Crippen LogP contribution in [0.5, 0.6) is 0 Å². The highest BCUT2D eigenvalue weighted by molar-refractivity contribution is 7.98. The molecule has 88 valence electrons. The summed E-state index contributed by atoms with van der Waals surface area (Å²) in [5.74, 6) is -0.483. The molecule has 17 heavy (non-hydrogen) atoms. The van der Waals surface area contributed by atoms with Gasteiger partial charge in [-0.05, 0) is 30.5 Å². The van der Waals surface area contributed by atoms with E-state index in [1.807, 2.05) is 6.26 Å². The molecule has 0 aliphatic carbocycles. The lowest BCUT2D eigenvalue weighted by Gasteiger charge is -2.00. The number of hydrogen-bond acceptors (Lipinski definition) is 4. The van der Waals surface area contributed by atoms with Crippen molar-refractivity contribution in [2.24, 2.45) is 0 Å². The molecule has 0 radical (unpaired) electrons. The van der Waals surface area contributed by atoms with Crippen molar-refractivity contribution in [3.8, 4) is 0 Å². The zero-order chi connectivity index (χ0) is 12.3. The van der Waals surface area contributed by atoms with E-state index in [2.05, 4.69) is 20.5 Å². The van der Waals surface area contributed by atoms with Crippen molar-refractivity contribution in [2.45, 2.75) is 5.16 Å². The first kappa shape index (κ1) is 11.6. The number of H-pyrrole nitrogens is 1. The number of nitrogens with zero attached hydrogens (tertiary/aromatic N) is 2. The van der Waals surface area contributed by atoms with Crippen LogP contribution in [-0.2, 0) is 0 Å². The van der Waals surface area contributed by atoms with Crippen LogP contribution in [0.3, 0.4) is 0 Å². The van der Waals surface area contributed by atoms with E-state index >= 15 is 0 Å². The van der Waals surface area contributed by atoms with E-state index in [1.54, 1.807) is 0 Å². The van der Waals surface area contributed by atoms with Gasteiger partial charge in [-0.1, -0.05) is 11.8 Å². The fraction of sp³-hybridized carbons (Fsp3) is 0.100. The first-order chi connectivity index (χ1) is 8.19. The molecule has 5 nitrogen and oxygen atoms in total. The molecule has 0 atom stereocenters. The summed E-state index contributed by atoms with van der Waals surface area (Å²) in [5.41, 5.74) is 0.355. The summed E-state index contributed by atoms with van der Waals surface area (Å²) in [6, 6.07) is 5.25. The maximum absolute atomic E-state index is 12.7. The van der Waals surface area contributed by atoms with Gasteiger partial charge in [-0.3, -0.25) is 10.1 Å². The molecule has 2 N–H and O–H groups in total. The molecule has 0 saturated heterocycles. The Bertz CT molecular complexity index is 525. The third kappa shape index (κ3) is 2.82. The standard InChI is InChI=1S/C10H9FN4OS/c1-17-10-13-9(14-15-10)12-8(16)6-2-4-7(11)5-3-6/h2-5H,1H3,(H2,12,13,14,15,16). The number of aromatic nitrogens is 3. The van der Waals surface area contributed by atoms with Crippen LogP contribution in [0.25, 0.3) is 0 Å². The molecule has 0 saturated carbocycles. The number of thioether (sulfide) groups is 1. The monoisotopic (exact) mass is 252 g/mol. The number of nitrogens with one attached hydrogen (secondary N) is 2. The van der Waals surface area contributed by atoms with Crippen LogP contribution in [0.2, 0.25) is 0 Å². The molecular weight excluding hydrogens is 243 g/mol. The quantitative estimate of drug-likeness (QED) is 0.819. The Morgan fingerprint density at radius 1 is 1.41 bits per heavy atom. The molecular formula is C10H9FN4OS. The van der Waals surface area contributed by atoms with Crippen molar-refractivity contribution in [3.05, 3.63) is 35.6 Å². The first-order valence-corrected chi connectivity index (χ1v) is 5.95. The second-order valence-corrected chi connectivity index (χ2v) is 3.91. The Balaban J connectivity index is 2.08. The van der Waals surface area contributed by atoms with Crippen LogP contribution < -0.4 is 5.32 Å². The lowest BCUT2D eigenvalue weighted by molar-refractivity contribution is 0.102. The van der Waals surface area contributed by atoms with Crippen LogP contribution in [-0.4, -0.2) is 27.3 Å². The number of halogens is 1. The third-order valence-corrected chi connectivity index (χ3v) is 2.53. The highest BCUT2D eigenvalue weighted by atomic mass is 32.2. The summed E-state index contributed by atoms with van der Waals surface area (Å²) in [6.07, 6.45) is 1.83. The molecule has 0 fully saturated rings. The highest BCUT2D eigenvalue weighted by Gasteiger charge is 2.08. The van der Waals surface area contributed by atoms with Gasteiger partial charge in [0.1, 0.15) is 5.82 Å². The number of carbonyl (C=O) groups is 1. The minimum Gasteiger partial charge on any atom is -0.291 e. The molecule has 1 aromatic heterocycles. The molecule has 2 aromatic rings. The maximum Gasteiger partial charge on any atom is 0.258 e. The van der Waals surface area contributed by atoms with Gasteiger partial charge in [-0.25, -0.2) is 9.49 Å². The van der Waals surface area contributed by atoms with Crippen LogP contribution >= 0.6 is 11.8 Å². The molecule has 0 aliphatic heterocycles. The summed E-state index contributed by atoms with van der Waals surface area (Å²) in [7, 11) is 0. The van der Waals surface area contributed by atoms with Gasteiger partial charge < -0.3 is 0 Å². The SMILES string of the molecule is CSc1n[nH]c(NC(=O)c2ccc(F)cc2)n1. The summed E-state index contributed by atoms with van der Waals surface area (Å²) >= 11 is 1.36. The van der Waals surface area contributed by atoms with Crippen molar-refractivity contribution < 1.29 is 9.18 Å². The average Bonchev–Trinajstić information content (AvgIpc) is 2.77. The van der Waals surface area contributed by atoms with Gasteiger partial charge in [0.25, 0.3) is 5.91 Å². The lowest BCUT2D eigenvalue weighted by Crippen LogP contribution is -2.12. The smallest absolute Gasteiger partial charge is 0.258 e. The molecule has 7 heteroatoms. The zero-order valence-corrected chi connectivity index (χ0v) is 9.71. The van der Waals surface area contributed by atoms with E-state index in [9.17, 15) is 9.18 Å². The van der Waals surface area contributed by atoms with Crippen molar-refractivity contribution in [1.29, 1.82) is 0 Å². The van der Waals surface area contributed by atoms with Gasteiger partial charge in [-0.2, -0.15) is 4.98 Å². The van der Waals surface area contributed by atoms with E-state index in [0.29, 0.717) is 10.7 Å². The fourth-order valence-corrected chi connectivity index (χ4v) is 1.49. The van der Waals surface area contributed by atoms with E-state index in [1.165, 1.54) is 36.0 Å². The highest BCUT2D eigenvalue weighted by Crippen LogP contribution is 2.10. The lowest BCUT2D eigenvalue weighted by atomic mass is 10.2. The summed E-state index contributed by atoms with van der Waals surface area (Å²) < 4.78 is 12.7. The van der Waals surface area contributed by atoms with Gasteiger partial charge in [0.15, 0.2) is 0 Å². The minimum atomic E-state index is -0.383. The largest absolute Gasteiger partial charge is 0.291 e. The van der Waals surface area contributed by atoms with Crippen molar-refractivity contribution in [3.63, 3.8) is 0 Å². The van der Waals surface area contributed by atoms with Crippen molar-refractivity contribution in [2.75, 3.05) is 11.6 Å². The van der Waals surface area contributed by atoms with Crippen molar-refractivity contribution >= 4 is 23.6 Å². The number of aromatic amines is 1. The number of anilines is 1. The van der Waals surface area contributed by atoms with Crippen molar-refractivity contribution in [1.82, 2.24) is 15.2 Å². The van der Waals surface area contributed by atoms with E-state index < -0.39 is 0 Å². The Morgan fingerprint density at radius 2 is 2.12 bits per heavy atom. The summed E-state index contributed by atoms with van der Waals surface area (Å²) in [6.45, 7) is 0. The van der Waals surface area contributed by atoms with Crippen LogP contribution in [0.15, 0.2) is 29.4 Å². The van der Waals surface area contributed by atoms with E-state index in [-0.39, 0.29) is 17.7 Å². The van der Waals surface area contributed by atoms with Gasteiger partial charge in [0, 0.05) is 5.56 Å². The molecule has 0 bridgehead atoms. The molecule has 1 aromatic carbocycles. The molecule has 0 unspecified atom stereocenters. The van der Waals surface area contributed by atoms with E-state index in [4.69, 9.17) is 0 Å². The molecule has 0 aliphatic rings. The second kappa shape index (κ2) is 4.96. The summed E-state index contributed by atoms with van der Waals surface area (Å²) in [4.78, 5) is 15.7. The predicted octanol–water partition coefficient (Wildman–Crippen LogP) is 1.92. The Morgan fingerprint density at radius 3 is 2.71 bits per heavy atom. The number of hydrogen-bond donors (Lipinski definition) is 2. The molecule has 2 rings (SSSR count). The second-order valence-electron chi connectivity index (χ2n) is 3.13. The van der Waals surface area contributed by atoms with Gasteiger partial charge in [0.2, 0.25) is 11.1 Å². The molecule has 1 amide bonds. The summed E-state index contributed by atoms with van der Waals surface area (Å²) in [5, 5.41) is 9.50. The minimum absolute atomic E-state index is 0.267. The average molecular weight is 252 g/mol. The fourth-order valence-electron chi connectivity index (χ4n) is 1.17. The Kier molecular flexibility index (Phi) is 3.38. The van der Waals surface area contributed by atoms with Gasteiger partial charge in [-0.15, -0.1) is 5.10 Å².